The Morgan fingerprint density at radius 1 is 1.10 bits per heavy atom. The zero-order chi connectivity index (χ0) is 22.4. The third-order valence-electron chi connectivity index (χ3n) is 4.60. The Balaban J connectivity index is 1.49. The van der Waals surface area contributed by atoms with Gasteiger partial charge in [-0.15, -0.1) is 0 Å². The van der Waals surface area contributed by atoms with E-state index in [2.05, 4.69) is 10.6 Å². The lowest BCUT2D eigenvalue weighted by Gasteiger charge is -2.21. The second-order valence-corrected chi connectivity index (χ2v) is 7.65. The average molecular weight is 447 g/mol. The summed E-state index contributed by atoms with van der Waals surface area (Å²) in [7, 11) is 0. The van der Waals surface area contributed by atoms with Gasteiger partial charge < -0.3 is 24.8 Å². The zero-order valence-corrected chi connectivity index (χ0v) is 17.9. The van der Waals surface area contributed by atoms with E-state index in [1.54, 1.807) is 56.3 Å². The molecule has 9 heteroatoms. The molecule has 2 N–H and O–H groups in total. The molecule has 2 aromatic rings. The molecule has 0 saturated carbocycles. The van der Waals surface area contributed by atoms with E-state index >= 15 is 0 Å². The molecule has 0 aromatic heterocycles. The van der Waals surface area contributed by atoms with E-state index in [4.69, 9.17) is 25.8 Å². The highest BCUT2D eigenvalue weighted by atomic mass is 35.5. The normalized spacial score (nSPS) is 12.9. The maximum absolute atomic E-state index is 12.5. The van der Waals surface area contributed by atoms with Gasteiger partial charge in [-0.3, -0.25) is 9.59 Å². The molecule has 1 aliphatic rings. The number of nitrogens with one attached hydrogen (secondary N) is 2. The van der Waals surface area contributed by atoms with Crippen molar-refractivity contribution in [1.29, 1.82) is 0 Å². The molecule has 2 amide bonds. The fourth-order valence-electron chi connectivity index (χ4n) is 2.89. The maximum Gasteiger partial charge on any atom is 0.329 e. The molecule has 8 nitrogen and oxygen atoms in total. The summed E-state index contributed by atoms with van der Waals surface area (Å²) < 4.78 is 15.7. The topological polar surface area (TPSA) is 103 Å². The fourth-order valence-corrected chi connectivity index (χ4v) is 3.11. The zero-order valence-electron chi connectivity index (χ0n) is 17.1. The van der Waals surface area contributed by atoms with E-state index in [1.165, 1.54) is 0 Å². The smallest absolute Gasteiger partial charge is 0.329 e. The molecule has 0 bridgehead atoms. The highest BCUT2D eigenvalue weighted by Crippen LogP contribution is 2.32. The Kier molecular flexibility index (Phi) is 7.36. The van der Waals surface area contributed by atoms with Crippen LogP contribution in [0.25, 0.3) is 0 Å². The quantitative estimate of drug-likeness (QED) is 0.604. The highest BCUT2D eigenvalue weighted by Gasteiger charge is 2.27. The first-order valence-corrected chi connectivity index (χ1v) is 10.1. The molecule has 0 unspecified atom stereocenters. The lowest BCUT2D eigenvalue weighted by Crippen LogP contribution is -2.46. The molecular formula is C22H23ClN2O6. The van der Waals surface area contributed by atoms with Crippen LogP contribution in [0.3, 0.4) is 0 Å². The number of amides is 2. The summed E-state index contributed by atoms with van der Waals surface area (Å²) in [5.41, 5.74) is 1.07. The minimum atomic E-state index is -0.926. The van der Waals surface area contributed by atoms with Gasteiger partial charge in [0.1, 0.15) is 6.04 Å². The van der Waals surface area contributed by atoms with Gasteiger partial charge in [-0.1, -0.05) is 43.6 Å². The summed E-state index contributed by atoms with van der Waals surface area (Å²) in [5.74, 6) is -0.640. The summed E-state index contributed by atoms with van der Waals surface area (Å²) in [6.45, 7) is 3.47. The molecule has 0 spiro atoms. The molecule has 1 heterocycles. The van der Waals surface area contributed by atoms with E-state index in [-0.39, 0.29) is 29.8 Å². The molecule has 2 aromatic carbocycles. The van der Waals surface area contributed by atoms with Crippen LogP contribution in [0.4, 0.5) is 0 Å². The third-order valence-corrected chi connectivity index (χ3v) is 4.93. The van der Waals surface area contributed by atoms with E-state index in [1.807, 2.05) is 0 Å². The van der Waals surface area contributed by atoms with Crippen molar-refractivity contribution in [2.45, 2.75) is 26.4 Å². The van der Waals surface area contributed by atoms with Gasteiger partial charge >= 0.3 is 5.97 Å². The summed E-state index contributed by atoms with van der Waals surface area (Å²) in [6, 6.07) is 10.9. The predicted octanol–water partition coefficient (Wildman–Crippen LogP) is 2.68. The second-order valence-electron chi connectivity index (χ2n) is 7.25. The van der Waals surface area contributed by atoms with Crippen molar-refractivity contribution >= 4 is 29.4 Å². The van der Waals surface area contributed by atoms with Crippen LogP contribution in [-0.4, -0.2) is 37.2 Å². The lowest BCUT2D eigenvalue weighted by molar-refractivity contribution is -0.151. The van der Waals surface area contributed by atoms with Gasteiger partial charge in [-0.05, 0) is 35.7 Å². The Morgan fingerprint density at radius 3 is 2.58 bits per heavy atom. The van der Waals surface area contributed by atoms with Crippen molar-refractivity contribution < 1.29 is 28.6 Å². The number of carbonyl (C=O) groups is 3. The van der Waals surface area contributed by atoms with Crippen LogP contribution in [-0.2, 0) is 20.9 Å². The van der Waals surface area contributed by atoms with Gasteiger partial charge in [-0.25, -0.2) is 4.79 Å². The number of ether oxygens (including phenoxy) is 3. The lowest BCUT2D eigenvalue weighted by atomic mass is 10.0. The van der Waals surface area contributed by atoms with Crippen LogP contribution in [0, 0.1) is 5.92 Å². The molecule has 1 aliphatic heterocycles. The Morgan fingerprint density at radius 2 is 1.84 bits per heavy atom. The van der Waals surface area contributed by atoms with E-state index in [0.29, 0.717) is 11.5 Å². The Bertz CT molecular complexity index is 978. The summed E-state index contributed by atoms with van der Waals surface area (Å²) in [6.07, 6.45) is 0. The van der Waals surface area contributed by atoms with Crippen LogP contribution in [0.2, 0.25) is 5.02 Å². The Labute approximate surface area is 184 Å². The van der Waals surface area contributed by atoms with Crippen molar-refractivity contribution in [3.63, 3.8) is 0 Å². The molecular weight excluding hydrogens is 424 g/mol. The molecule has 0 aliphatic carbocycles. The van der Waals surface area contributed by atoms with Crippen LogP contribution in [0.15, 0.2) is 42.5 Å². The van der Waals surface area contributed by atoms with Crippen LogP contribution >= 0.6 is 11.6 Å². The number of benzene rings is 2. The van der Waals surface area contributed by atoms with Crippen molar-refractivity contribution in [2.75, 3.05) is 13.4 Å². The molecule has 0 fully saturated rings. The van der Waals surface area contributed by atoms with Crippen LogP contribution in [0.1, 0.15) is 29.8 Å². The van der Waals surface area contributed by atoms with Crippen molar-refractivity contribution in [1.82, 2.24) is 10.6 Å². The molecule has 164 valence electrons. The fraction of sp³-hybridized carbons (Fsp3) is 0.318. The number of hydrogen-bond acceptors (Lipinski definition) is 6. The minimum Gasteiger partial charge on any atom is -0.454 e. The van der Waals surface area contributed by atoms with Crippen molar-refractivity contribution in [3.05, 3.63) is 58.6 Å². The van der Waals surface area contributed by atoms with Gasteiger partial charge in [0.05, 0.1) is 10.6 Å². The number of rotatable bonds is 8. The van der Waals surface area contributed by atoms with E-state index < -0.39 is 30.4 Å². The number of esters is 1. The molecule has 0 saturated heterocycles. The maximum atomic E-state index is 12.5. The van der Waals surface area contributed by atoms with Gasteiger partial charge in [0, 0.05) is 6.54 Å². The summed E-state index contributed by atoms with van der Waals surface area (Å²) in [5, 5.41) is 5.57. The molecule has 3 rings (SSSR count). The number of carbonyl (C=O) groups excluding carboxylic acids is 3. The first kappa shape index (κ1) is 22.4. The average Bonchev–Trinajstić information content (AvgIpc) is 3.22. The van der Waals surface area contributed by atoms with Crippen LogP contribution in [0.5, 0.6) is 11.5 Å². The largest absolute Gasteiger partial charge is 0.454 e. The summed E-state index contributed by atoms with van der Waals surface area (Å²) >= 11 is 6.04. The first-order chi connectivity index (χ1) is 14.8. The van der Waals surface area contributed by atoms with Gasteiger partial charge in [0.15, 0.2) is 18.1 Å². The summed E-state index contributed by atoms with van der Waals surface area (Å²) in [4.78, 5) is 37.0. The predicted molar refractivity (Wildman–Crippen MR) is 113 cm³/mol. The molecule has 31 heavy (non-hydrogen) atoms. The van der Waals surface area contributed by atoms with Crippen LogP contribution < -0.4 is 20.1 Å². The number of halogens is 1. The monoisotopic (exact) mass is 446 g/mol. The highest BCUT2D eigenvalue weighted by molar-refractivity contribution is 6.33. The van der Waals surface area contributed by atoms with E-state index in [0.717, 1.165) is 5.56 Å². The molecule has 0 radical (unpaired) electrons. The number of hydrogen-bond donors (Lipinski definition) is 2. The molecule has 1 atom stereocenters. The first-order valence-electron chi connectivity index (χ1n) is 9.72. The van der Waals surface area contributed by atoms with E-state index in [9.17, 15) is 14.4 Å². The number of fused-ring (bicyclic) bond motifs is 1. The van der Waals surface area contributed by atoms with Crippen molar-refractivity contribution in [2.24, 2.45) is 5.92 Å². The van der Waals surface area contributed by atoms with Gasteiger partial charge in [0.2, 0.25) is 6.79 Å². The Hall–Kier alpha value is -3.26. The standard InChI is InChI=1S/C22H23ClN2O6/c1-13(2)20(25-21(27)15-5-3-4-6-16(15)23)22(28)29-11-19(26)24-10-14-7-8-17-18(9-14)31-12-30-17/h3-9,13,20H,10-12H2,1-2H3,(H,24,26)(H,25,27)/t20-/m1/s1. The van der Waals surface area contributed by atoms with Gasteiger partial charge in [-0.2, -0.15) is 0 Å². The third kappa shape index (κ3) is 5.88. The SMILES string of the molecule is CC(C)[C@@H](NC(=O)c1ccccc1Cl)C(=O)OCC(=O)NCc1ccc2c(c1)OCO2. The second kappa shape index (κ2) is 10.2. The minimum absolute atomic E-state index is 0.172. The van der Waals surface area contributed by atoms with Crippen molar-refractivity contribution in [3.8, 4) is 11.5 Å². The van der Waals surface area contributed by atoms with Gasteiger partial charge in [0.25, 0.3) is 11.8 Å².